The number of halogens is 2. The van der Waals surface area contributed by atoms with Gasteiger partial charge in [-0.15, -0.1) is 0 Å². The average Bonchev–Trinajstić information content (AvgIpc) is 2.62. The van der Waals surface area contributed by atoms with Crippen molar-refractivity contribution in [3.63, 3.8) is 0 Å². The van der Waals surface area contributed by atoms with Crippen molar-refractivity contribution in [1.29, 1.82) is 0 Å². The molecule has 0 aliphatic carbocycles. The highest BCUT2D eigenvalue weighted by Gasteiger charge is 2.17. The number of nitro benzene ring substituents is 1. The van der Waals surface area contributed by atoms with Crippen molar-refractivity contribution in [2.45, 2.75) is 12.5 Å². The van der Waals surface area contributed by atoms with Crippen LogP contribution >= 0.6 is 0 Å². The average molecular weight is 362 g/mol. The van der Waals surface area contributed by atoms with Crippen LogP contribution in [0.3, 0.4) is 0 Å². The molecule has 0 amide bonds. The highest BCUT2D eigenvalue weighted by molar-refractivity contribution is 5.82. The first-order valence-corrected chi connectivity index (χ1v) is 7.57. The number of esters is 1. The number of ether oxygens (including phenoxy) is 1. The summed E-state index contributed by atoms with van der Waals surface area (Å²) in [6.45, 7) is 0. The summed E-state index contributed by atoms with van der Waals surface area (Å²) in [5, 5.41) is 11.0. The molecule has 0 aliphatic rings. The fourth-order valence-corrected chi connectivity index (χ4v) is 2.37. The maximum atomic E-state index is 14.3. The summed E-state index contributed by atoms with van der Waals surface area (Å²) < 4.78 is 32.0. The zero-order chi connectivity index (χ0) is 19.3. The molecule has 2 aromatic carbocycles. The Kier molecular flexibility index (Phi) is 6.13. The van der Waals surface area contributed by atoms with Crippen molar-refractivity contribution < 1.29 is 23.2 Å². The Morgan fingerprint density at radius 3 is 2.65 bits per heavy atom. The predicted molar refractivity (Wildman–Crippen MR) is 91.1 cm³/mol. The Labute approximate surface area is 148 Å². The number of non-ortho nitro benzene ring substituents is 1. The molecule has 26 heavy (non-hydrogen) atoms. The van der Waals surface area contributed by atoms with Gasteiger partial charge in [-0.1, -0.05) is 18.2 Å². The van der Waals surface area contributed by atoms with E-state index in [1.54, 1.807) is 6.07 Å². The summed E-state index contributed by atoms with van der Waals surface area (Å²) in [6.07, 6.45) is 1.47. The van der Waals surface area contributed by atoms with Gasteiger partial charge >= 0.3 is 5.97 Å². The molecular formula is C18H16F2N2O4. The predicted octanol–water partition coefficient (Wildman–Crippen LogP) is 3.20. The Hall–Kier alpha value is -3.13. The number of hydrogen-bond donors (Lipinski definition) is 1. The van der Waals surface area contributed by atoms with Crippen molar-refractivity contribution in [1.82, 2.24) is 0 Å². The molecule has 0 spiro atoms. The van der Waals surface area contributed by atoms with Gasteiger partial charge in [0.2, 0.25) is 0 Å². The molecule has 136 valence electrons. The van der Waals surface area contributed by atoms with Crippen LogP contribution < -0.4 is 5.73 Å². The van der Waals surface area contributed by atoms with Crippen LogP contribution in [0.15, 0.2) is 48.5 Å². The lowest BCUT2D eigenvalue weighted by molar-refractivity contribution is -0.384. The van der Waals surface area contributed by atoms with E-state index in [-0.39, 0.29) is 23.2 Å². The maximum Gasteiger partial charge on any atom is 0.322 e. The molecule has 0 aliphatic heterocycles. The van der Waals surface area contributed by atoms with Gasteiger partial charge in [-0.05, 0) is 29.7 Å². The highest BCUT2D eigenvalue weighted by atomic mass is 19.1. The van der Waals surface area contributed by atoms with Crippen molar-refractivity contribution in [3.8, 4) is 0 Å². The van der Waals surface area contributed by atoms with Gasteiger partial charge in [0.25, 0.3) is 5.69 Å². The summed E-state index contributed by atoms with van der Waals surface area (Å²) in [7, 11) is 1.19. The number of carbonyl (C=O) groups excluding carboxylic acids is 1. The molecule has 0 bridgehead atoms. The summed E-state index contributed by atoms with van der Waals surface area (Å²) in [5.74, 6) is -2.25. The smallest absolute Gasteiger partial charge is 0.322 e. The number of methoxy groups -OCH3 is 1. The van der Waals surface area contributed by atoms with E-state index in [0.29, 0.717) is 11.6 Å². The van der Waals surface area contributed by atoms with Crippen LogP contribution in [0, 0.1) is 21.7 Å². The molecule has 0 saturated carbocycles. The molecule has 6 nitrogen and oxygen atoms in total. The van der Waals surface area contributed by atoms with E-state index in [1.807, 2.05) is 0 Å². The molecule has 2 rings (SSSR count). The first-order valence-electron chi connectivity index (χ1n) is 7.57. The molecule has 0 fully saturated rings. The summed E-state index contributed by atoms with van der Waals surface area (Å²) in [6, 6.07) is 7.57. The second-order valence-corrected chi connectivity index (χ2v) is 5.41. The molecular weight excluding hydrogens is 346 g/mol. The number of nitrogens with two attached hydrogens (primary N) is 1. The summed E-state index contributed by atoms with van der Waals surface area (Å²) in [4.78, 5) is 21.9. The van der Waals surface area contributed by atoms with E-state index in [9.17, 15) is 23.7 Å². The van der Waals surface area contributed by atoms with E-state index in [4.69, 9.17) is 5.73 Å². The van der Waals surface area contributed by atoms with Crippen molar-refractivity contribution >= 4 is 17.2 Å². The minimum atomic E-state index is -0.989. The second kappa shape index (κ2) is 8.30. The van der Waals surface area contributed by atoms with E-state index < -0.39 is 28.6 Å². The van der Waals surface area contributed by atoms with E-state index in [1.165, 1.54) is 37.5 Å². The first kappa shape index (κ1) is 19.2. The third kappa shape index (κ3) is 4.48. The first-order chi connectivity index (χ1) is 12.3. The second-order valence-electron chi connectivity index (χ2n) is 5.41. The Bertz CT molecular complexity index is 868. The topological polar surface area (TPSA) is 95.5 Å². The van der Waals surface area contributed by atoms with E-state index in [2.05, 4.69) is 4.74 Å². The normalized spacial score (nSPS) is 12.5. The Morgan fingerprint density at radius 1 is 1.31 bits per heavy atom. The molecule has 2 aromatic rings. The van der Waals surface area contributed by atoms with Crippen LogP contribution in [-0.4, -0.2) is 24.0 Å². The summed E-state index contributed by atoms with van der Waals surface area (Å²) in [5.41, 5.74) is 6.13. The standard InChI is InChI=1S/C18H16F2N2O4/c1-26-18(23)17(21)8-7-14(15-6-5-12(19)10-16(15)20)11-3-2-4-13(9-11)22(24)25/h2-7,9-10,17H,8,21H2,1H3. The zero-order valence-corrected chi connectivity index (χ0v) is 13.8. The lowest BCUT2D eigenvalue weighted by Gasteiger charge is -2.12. The molecule has 1 atom stereocenters. The fourth-order valence-electron chi connectivity index (χ4n) is 2.37. The van der Waals surface area contributed by atoms with Crippen LogP contribution in [0.1, 0.15) is 17.5 Å². The van der Waals surface area contributed by atoms with Crippen LogP contribution in [0.4, 0.5) is 14.5 Å². The van der Waals surface area contributed by atoms with Gasteiger partial charge < -0.3 is 10.5 Å². The van der Waals surface area contributed by atoms with Crippen molar-refractivity contribution in [3.05, 3.63) is 81.4 Å². The van der Waals surface area contributed by atoms with Crippen LogP contribution in [-0.2, 0) is 9.53 Å². The van der Waals surface area contributed by atoms with Gasteiger partial charge in [0.1, 0.15) is 17.7 Å². The molecule has 0 saturated heterocycles. The minimum Gasteiger partial charge on any atom is -0.468 e. The number of nitrogens with zero attached hydrogens (tertiary/aromatic N) is 1. The van der Waals surface area contributed by atoms with E-state index >= 15 is 0 Å². The third-order valence-corrected chi connectivity index (χ3v) is 3.67. The number of benzene rings is 2. The van der Waals surface area contributed by atoms with Crippen LogP contribution in [0.25, 0.3) is 5.57 Å². The monoisotopic (exact) mass is 362 g/mol. The molecule has 0 aromatic heterocycles. The SMILES string of the molecule is COC(=O)C(N)CC=C(c1cccc([N+](=O)[O-])c1)c1ccc(F)cc1F. The lowest BCUT2D eigenvalue weighted by atomic mass is 9.95. The number of hydrogen-bond acceptors (Lipinski definition) is 5. The molecule has 1 unspecified atom stereocenters. The van der Waals surface area contributed by atoms with Gasteiger partial charge in [0.05, 0.1) is 12.0 Å². The quantitative estimate of drug-likeness (QED) is 0.484. The lowest BCUT2D eigenvalue weighted by Crippen LogP contribution is -2.30. The minimum absolute atomic E-state index is 0.00150. The largest absolute Gasteiger partial charge is 0.468 e. The van der Waals surface area contributed by atoms with Crippen LogP contribution in [0.2, 0.25) is 0 Å². The van der Waals surface area contributed by atoms with Crippen molar-refractivity contribution in [2.24, 2.45) is 5.73 Å². The third-order valence-electron chi connectivity index (χ3n) is 3.67. The Balaban J connectivity index is 2.53. The van der Waals surface area contributed by atoms with Gasteiger partial charge in [-0.2, -0.15) is 0 Å². The van der Waals surface area contributed by atoms with Gasteiger partial charge in [0, 0.05) is 23.8 Å². The van der Waals surface area contributed by atoms with E-state index in [0.717, 1.165) is 6.07 Å². The summed E-state index contributed by atoms with van der Waals surface area (Å²) >= 11 is 0. The number of carbonyl (C=O) groups is 1. The maximum absolute atomic E-state index is 14.3. The highest BCUT2D eigenvalue weighted by Crippen LogP contribution is 2.29. The fraction of sp³-hybridized carbons (Fsp3) is 0.167. The molecule has 0 heterocycles. The van der Waals surface area contributed by atoms with Gasteiger partial charge in [-0.3, -0.25) is 14.9 Å². The molecule has 0 radical (unpaired) electrons. The van der Waals surface area contributed by atoms with Gasteiger partial charge in [-0.25, -0.2) is 8.78 Å². The van der Waals surface area contributed by atoms with Gasteiger partial charge in [0.15, 0.2) is 0 Å². The number of nitro groups is 1. The Morgan fingerprint density at radius 2 is 2.04 bits per heavy atom. The zero-order valence-electron chi connectivity index (χ0n) is 13.8. The van der Waals surface area contributed by atoms with Crippen molar-refractivity contribution in [2.75, 3.05) is 7.11 Å². The number of rotatable bonds is 6. The molecule has 2 N–H and O–H groups in total. The molecule has 8 heteroatoms. The van der Waals surface area contributed by atoms with Crippen LogP contribution in [0.5, 0.6) is 0 Å².